The van der Waals surface area contributed by atoms with Crippen molar-refractivity contribution >= 4 is 0 Å². The zero-order valence-corrected chi connectivity index (χ0v) is 12.2. The third kappa shape index (κ3) is 4.02. The Morgan fingerprint density at radius 1 is 0.952 bits per heavy atom. The molecule has 0 aliphatic carbocycles. The minimum atomic E-state index is -0.915. The highest BCUT2D eigenvalue weighted by Gasteiger charge is 2.08. The van der Waals surface area contributed by atoms with E-state index in [1.165, 1.54) is 11.6 Å². The van der Waals surface area contributed by atoms with Crippen LogP contribution >= 0.6 is 0 Å². The fourth-order valence-electron chi connectivity index (χ4n) is 2.19. The van der Waals surface area contributed by atoms with Gasteiger partial charge < -0.3 is 10.1 Å². The molecule has 1 unspecified atom stereocenters. The molecule has 0 aromatic heterocycles. The summed E-state index contributed by atoms with van der Waals surface area (Å²) >= 11 is 0. The Labute approximate surface area is 123 Å². The molecule has 0 saturated carbocycles. The summed E-state index contributed by atoms with van der Waals surface area (Å²) in [4.78, 5) is 0. The van der Waals surface area contributed by atoms with Gasteiger partial charge in [-0.05, 0) is 42.8 Å². The normalized spacial score (nSPS) is 12.2. The second-order valence-electron chi connectivity index (χ2n) is 4.77. The average molecular weight is 291 g/mol. The summed E-state index contributed by atoms with van der Waals surface area (Å²) < 4.78 is 31.5. The summed E-state index contributed by atoms with van der Waals surface area (Å²) in [7, 11) is 0. The van der Waals surface area contributed by atoms with E-state index in [1.54, 1.807) is 0 Å². The van der Waals surface area contributed by atoms with E-state index in [4.69, 9.17) is 4.74 Å². The maximum Gasteiger partial charge on any atom is 0.162 e. The van der Waals surface area contributed by atoms with Crippen molar-refractivity contribution in [2.45, 2.75) is 26.3 Å². The maximum atomic E-state index is 13.1. The zero-order valence-electron chi connectivity index (χ0n) is 12.2. The molecule has 0 fully saturated rings. The quantitative estimate of drug-likeness (QED) is 0.824. The molecule has 112 valence electrons. The van der Waals surface area contributed by atoms with Crippen LogP contribution in [0.15, 0.2) is 42.5 Å². The van der Waals surface area contributed by atoms with Crippen molar-refractivity contribution in [2.24, 2.45) is 0 Å². The standard InChI is InChI=1S/C17H19F2NO/c1-3-17(20-4-2)12-5-7-13(8-6-12)21-14-9-10-15(18)16(19)11-14/h5-11,17,20H,3-4H2,1-2H3. The van der Waals surface area contributed by atoms with E-state index in [0.29, 0.717) is 11.8 Å². The smallest absolute Gasteiger partial charge is 0.162 e. The first-order valence-electron chi connectivity index (χ1n) is 7.10. The van der Waals surface area contributed by atoms with Gasteiger partial charge in [0, 0.05) is 12.1 Å². The summed E-state index contributed by atoms with van der Waals surface area (Å²) in [6.07, 6.45) is 0.997. The number of rotatable bonds is 6. The highest BCUT2D eigenvalue weighted by molar-refractivity contribution is 5.34. The Kier molecular flexibility index (Phi) is 5.28. The van der Waals surface area contributed by atoms with Gasteiger partial charge in [0.1, 0.15) is 11.5 Å². The molecule has 2 rings (SSSR count). The lowest BCUT2D eigenvalue weighted by atomic mass is 10.0. The summed E-state index contributed by atoms with van der Waals surface area (Å²) in [5.74, 6) is -0.923. The molecule has 0 aliphatic rings. The topological polar surface area (TPSA) is 21.3 Å². The van der Waals surface area contributed by atoms with E-state index in [9.17, 15) is 8.78 Å². The molecule has 2 nitrogen and oxygen atoms in total. The van der Waals surface area contributed by atoms with Crippen molar-refractivity contribution in [2.75, 3.05) is 6.54 Å². The summed E-state index contributed by atoms with van der Waals surface area (Å²) in [5.41, 5.74) is 1.18. The number of nitrogens with one attached hydrogen (secondary N) is 1. The molecule has 1 atom stereocenters. The van der Waals surface area contributed by atoms with Gasteiger partial charge >= 0.3 is 0 Å². The van der Waals surface area contributed by atoms with Gasteiger partial charge in [0.05, 0.1) is 0 Å². The van der Waals surface area contributed by atoms with Crippen LogP contribution < -0.4 is 10.1 Å². The lowest BCUT2D eigenvalue weighted by molar-refractivity contribution is 0.461. The molecule has 0 amide bonds. The lowest BCUT2D eigenvalue weighted by Gasteiger charge is -2.16. The summed E-state index contributed by atoms with van der Waals surface area (Å²) in [5, 5.41) is 3.40. The van der Waals surface area contributed by atoms with Crippen molar-refractivity contribution in [1.29, 1.82) is 0 Å². The minimum Gasteiger partial charge on any atom is -0.457 e. The molecule has 2 aromatic carbocycles. The van der Waals surface area contributed by atoms with Gasteiger partial charge in [-0.1, -0.05) is 26.0 Å². The number of ether oxygens (including phenoxy) is 1. The van der Waals surface area contributed by atoms with Gasteiger partial charge in [0.15, 0.2) is 11.6 Å². The fraction of sp³-hybridized carbons (Fsp3) is 0.294. The number of hydrogen-bond acceptors (Lipinski definition) is 2. The molecule has 0 aliphatic heterocycles. The van der Waals surface area contributed by atoms with Crippen molar-refractivity contribution in [1.82, 2.24) is 5.32 Å². The molecule has 21 heavy (non-hydrogen) atoms. The predicted molar refractivity (Wildman–Crippen MR) is 79.6 cm³/mol. The van der Waals surface area contributed by atoms with Crippen molar-refractivity contribution in [3.8, 4) is 11.5 Å². The monoisotopic (exact) mass is 291 g/mol. The second-order valence-corrected chi connectivity index (χ2v) is 4.77. The maximum absolute atomic E-state index is 13.1. The van der Waals surface area contributed by atoms with Crippen LogP contribution in [-0.2, 0) is 0 Å². The molecule has 0 bridgehead atoms. The molecule has 0 heterocycles. The number of benzene rings is 2. The van der Waals surface area contributed by atoms with Gasteiger partial charge in [0.25, 0.3) is 0 Å². The Bertz CT molecular complexity index is 584. The van der Waals surface area contributed by atoms with Crippen molar-refractivity contribution in [3.05, 3.63) is 59.7 Å². The molecule has 4 heteroatoms. The Balaban J connectivity index is 2.09. The van der Waals surface area contributed by atoms with Crippen LogP contribution in [-0.4, -0.2) is 6.54 Å². The zero-order chi connectivity index (χ0) is 15.2. The second kappa shape index (κ2) is 7.18. The minimum absolute atomic E-state index is 0.278. The molecular weight excluding hydrogens is 272 g/mol. The van der Waals surface area contributed by atoms with Crippen LogP contribution in [0.3, 0.4) is 0 Å². The first-order chi connectivity index (χ1) is 10.1. The number of hydrogen-bond donors (Lipinski definition) is 1. The lowest BCUT2D eigenvalue weighted by Crippen LogP contribution is -2.19. The van der Waals surface area contributed by atoms with E-state index in [-0.39, 0.29) is 5.75 Å². The van der Waals surface area contributed by atoms with Crippen LogP contribution in [0.1, 0.15) is 31.9 Å². The van der Waals surface area contributed by atoms with Crippen molar-refractivity contribution in [3.63, 3.8) is 0 Å². The molecule has 0 saturated heterocycles. The van der Waals surface area contributed by atoms with Crippen LogP contribution in [0.5, 0.6) is 11.5 Å². The largest absolute Gasteiger partial charge is 0.457 e. The molecule has 1 N–H and O–H groups in total. The average Bonchev–Trinajstić information content (AvgIpc) is 2.49. The van der Waals surface area contributed by atoms with Crippen LogP contribution in [0.25, 0.3) is 0 Å². The number of halogens is 2. The van der Waals surface area contributed by atoms with E-state index in [0.717, 1.165) is 25.1 Å². The Morgan fingerprint density at radius 2 is 1.62 bits per heavy atom. The fourth-order valence-corrected chi connectivity index (χ4v) is 2.19. The van der Waals surface area contributed by atoms with Crippen molar-refractivity contribution < 1.29 is 13.5 Å². The van der Waals surface area contributed by atoms with E-state index >= 15 is 0 Å². The summed E-state index contributed by atoms with van der Waals surface area (Å²) in [6, 6.07) is 11.4. The van der Waals surface area contributed by atoms with E-state index in [2.05, 4.69) is 19.2 Å². The van der Waals surface area contributed by atoms with Crippen LogP contribution in [0.2, 0.25) is 0 Å². The van der Waals surface area contributed by atoms with E-state index < -0.39 is 11.6 Å². The van der Waals surface area contributed by atoms with Gasteiger partial charge in [-0.25, -0.2) is 8.78 Å². The third-order valence-electron chi connectivity index (χ3n) is 3.27. The molecule has 0 spiro atoms. The van der Waals surface area contributed by atoms with E-state index in [1.807, 2.05) is 24.3 Å². The first kappa shape index (κ1) is 15.4. The van der Waals surface area contributed by atoms with Gasteiger partial charge in [-0.15, -0.1) is 0 Å². The highest BCUT2D eigenvalue weighted by atomic mass is 19.2. The Hall–Kier alpha value is -1.94. The van der Waals surface area contributed by atoms with Crippen LogP contribution in [0, 0.1) is 11.6 Å². The van der Waals surface area contributed by atoms with Gasteiger partial charge in [-0.2, -0.15) is 0 Å². The molecular formula is C17H19F2NO. The van der Waals surface area contributed by atoms with Gasteiger partial charge in [-0.3, -0.25) is 0 Å². The van der Waals surface area contributed by atoms with Gasteiger partial charge in [0.2, 0.25) is 0 Å². The summed E-state index contributed by atoms with van der Waals surface area (Å²) in [6.45, 7) is 5.11. The Morgan fingerprint density at radius 3 is 2.19 bits per heavy atom. The SMILES string of the molecule is CCNC(CC)c1ccc(Oc2ccc(F)c(F)c2)cc1. The third-order valence-corrected chi connectivity index (χ3v) is 3.27. The first-order valence-corrected chi connectivity index (χ1v) is 7.10. The molecule has 2 aromatic rings. The predicted octanol–water partition coefficient (Wildman–Crippen LogP) is 4.82. The van der Waals surface area contributed by atoms with Crippen LogP contribution in [0.4, 0.5) is 8.78 Å². The molecule has 0 radical (unpaired) electrons. The highest BCUT2D eigenvalue weighted by Crippen LogP contribution is 2.25.